The van der Waals surface area contributed by atoms with E-state index >= 15 is 0 Å². The van der Waals surface area contributed by atoms with Gasteiger partial charge in [0, 0.05) is 16.3 Å². The maximum absolute atomic E-state index is 11.4. The highest BCUT2D eigenvalue weighted by atomic mass is 35.5. The monoisotopic (exact) mass is 381 g/mol. The van der Waals surface area contributed by atoms with Crippen LogP contribution in [-0.2, 0) is 4.79 Å². The van der Waals surface area contributed by atoms with Crippen molar-refractivity contribution in [2.75, 3.05) is 19.3 Å². The number of carboxylic acid groups (broad SMARTS) is 1. The molecule has 24 heavy (non-hydrogen) atoms. The Morgan fingerprint density at radius 1 is 1.33 bits per heavy atom. The quantitative estimate of drug-likeness (QED) is 0.739. The number of halogens is 1. The van der Waals surface area contributed by atoms with E-state index in [-0.39, 0.29) is 12.0 Å². The third kappa shape index (κ3) is 3.97. The van der Waals surface area contributed by atoms with Gasteiger partial charge in [-0.25, -0.2) is 0 Å². The molecule has 1 N–H and O–H groups in total. The summed E-state index contributed by atoms with van der Waals surface area (Å²) in [5.41, 5.74) is 1.19. The fourth-order valence-corrected chi connectivity index (χ4v) is 4.89. The number of likely N-dealkylation sites (tertiary alicyclic amines) is 1. The summed E-state index contributed by atoms with van der Waals surface area (Å²) in [4.78, 5) is 16.1. The van der Waals surface area contributed by atoms with Crippen LogP contribution in [0.4, 0.5) is 0 Å². The second-order valence-corrected chi connectivity index (χ2v) is 8.62. The van der Waals surface area contributed by atoms with Gasteiger partial charge >= 0.3 is 5.97 Å². The minimum absolute atomic E-state index is 0.0700. The minimum atomic E-state index is -0.694. The zero-order valence-corrected chi connectivity index (χ0v) is 15.8. The third-order valence-electron chi connectivity index (χ3n) is 4.46. The van der Waals surface area contributed by atoms with Crippen molar-refractivity contribution < 1.29 is 9.90 Å². The molecule has 2 atom stereocenters. The molecule has 0 aliphatic carbocycles. The summed E-state index contributed by atoms with van der Waals surface area (Å²) >= 11 is 9.45. The first-order valence-electron chi connectivity index (χ1n) is 7.94. The van der Waals surface area contributed by atoms with Crippen LogP contribution in [-0.4, -0.2) is 35.3 Å². The second kappa shape index (κ2) is 7.91. The fraction of sp³-hybridized carbons (Fsp3) is 0.389. The van der Waals surface area contributed by atoms with Gasteiger partial charge in [-0.15, -0.1) is 23.1 Å². The molecule has 1 saturated heterocycles. The number of thiophene rings is 1. The normalized spacial score (nSPS) is 20.0. The zero-order valence-electron chi connectivity index (χ0n) is 13.4. The van der Waals surface area contributed by atoms with Crippen LogP contribution in [0.3, 0.4) is 0 Å². The Balaban J connectivity index is 1.93. The van der Waals surface area contributed by atoms with Crippen molar-refractivity contribution in [3.05, 3.63) is 51.2 Å². The Labute approximate surface area is 155 Å². The highest BCUT2D eigenvalue weighted by molar-refractivity contribution is 7.98. The molecule has 1 aliphatic heterocycles. The molecule has 1 aliphatic rings. The lowest BCUT2D eigenvalue weighted by atomic mass is 9.94. The number of carboxylic acids is 1. The largest absolute Gasteiger partial charge is 0.481 e. The van der Waals surface area contributed by atoms with Gasteiger partial charge in [0.1, 0.15) is 0 Å². The Bertz CT molecular complexity index is 701. The molecule has 0 bridgehead atoms. The van der Waals surface area contributed by atoms with Crippen LogP contribution in [0.5, 0.6) is 0 Å². The topological polar surface area (TPSA) is 40.5 Å². The number of benzene rings is 1. The number of carbonyl (C=O) groups is 1. The van der Waals surface area contributed by atoms with Crippen molar-refractivity contribution in [3.63, 3.8) is 0 Å². The van der Waals surface area contributed by atoms with Crippen molar-refractivity contribution in [3.8, 4) is 0 Å². The Kier molecular flexibility index (Phi) is 5.87. The lowest BCUT2D eigenvalue weighted by Crippen LogP contribution is -2.41. The molecule has 1 aromatic carbocycles. The van der Waals surface area contributed by atoms with Gasteiger partial charge in [0.15, 0.2) is 0 Å². The van der Waals surface area contributed by atoms with Gasteiger partial charge in [-0.3, -0.25) is 9.69 Å². The summed E-state index contributed by atoms with van der Waals surface area (Å²) in [6.45, 7) is 1.49. The summed E-state index contributed by atoms with van der Waals surface area (Å²) < 4.78 is 0.766. The maximum atomic E-state index is 11.4. The fourth-order valence-electron chi connectivity index (χ4n) is 3.26. The number of aliphatic carboxylic acids is 1. The highest BCUT2D eigenvalue weighted by Gasteiger charge is 2.31. The molecule has 0 amide bonds. The smallest absolute Gasteiger partial charge is 0.307 e. The summed E-state index contributed by atoms with van der Waals surface area (Å²) in [5, 5.41) is 9.40. The van der Waals surface area contributed by atoms with Crippen LogP contribution in [0.15, 0.2) is 41.3 Å². The molecular formula is C18H20ClNO2S2. The van der Waals surface area contributed by atoms with E-state index in [9.17, 15) is 9.90 Å². The first-order chi connectivity index (χ1) is 11.6. The molecule has 2 unspecified atom stereocenters. The van der Waals surface area contributed by atoms with Crippen molar-refractivity contribution in [1.82, 2.24) is 4.90 Å². The lowest BCUT2D eigenvalue weighted by Gasteiger charge is -2.37. The van der Waals surface area contributed by atoms with Gasteiger partial charge in [0.25, 0.3) is 0 Å². The predicted octanol–water partition coefficient (Wildman–Crippen LogP) is 5.01. The van der Waals surface area contributed by atoms with Crippen molar-refractivity contribution in [1.29, 1.82) is 0 Å². The molecule has 0 spiro atoms. The number of thioether (sulfide) groups is 1. The number of rotatable bonds is 5. The highest BCUT2D eigenvalue weighted by Crippen LogP contribution is 2.37. The van der Waals surface area contributed by atoms with E-state index in [1.54, 1.807) is 23.1 Å². The van der Waals surface area contributed by atoms with Gasteiger partial charge in [0.05, 0.1) is 16.3 Å². The molecule has 2 aromatic rings. The minimum Gasteiger partial charge on any atom is -0.481 e. The van der Waals surface area contributed by atoms with Crippen molar-refractivity contribution in [2.24, 2.45) is 5.92 Å². The number of piperidine rings is 1. The van der Waals surface area contributed by atoms with E-state index in [0.717, 1.165) is 23.7 Å². The lowest BCUT2D eigenvalue weighted by molar-refractivity contribution is -0.143. The van der Waals surface area contributed by atoms with Gasteiger partial charge in [-0.2, -0.15) is 0 Å². The summed E-state index contributed by atoms with van der Waals surface area (Å²) in [6, 6.07) is 12.6. The van der Waals surface area contributed by atoms with Crippen molar-refractivity contribution >= 4 is 40.7 Å². The van der Waals surface area contributed by atoms with E-state index < -0.39 is 5.97 Å². The molecule has 128 valence electrons. The summed E-state index contributed by atoms with van der Waals surface area (Å²) in [5.74, 6) is -0.984. The van der Waals surface area contributed by atoms with Gasteiger partial charge in [-0.1, -0.05) is 23.7 Å². The number of nitrogens with zero attached hydrogens (tertiary/aromatic N) is 1. The molecule has 3 nitrogen and oxygen atoms in total. The predicted molar refractivity (Wildman–Crippen MR) is 101 cm³/mol. The van der Waals surface area contributed by atoms with E-state index in [2.05, 4.69) is 41.5 Å². The van der Waals surface area contributed by atoms with Crippen LogP contribution < -0.4 is 0 Å². The summed E-state index contributed by atoms with van der Waals surface area (Å²) in [6.07, 6.45) is 3.73. The molecule has 2 heterocycles. The second-order valence-electron chi connectivity index (χ2n) is 5.99. The Hall–Kier alpha value is -1.01. The molecule has 1 fully saturated rings. The van der Waals surface area contributed by atoms with E-state index in [1.807, 2.05) is 6.07 Å². The van der Waals surface area contributed by atoms with E-state index in [4.69, 9.17) is 11.6 Å². The Morgan fingerprint density at radius 3 is 2.67 bits per heavy atom. The molecular weight excluding hydrogens is 362 g/mol. The molecule has 0 saturated carbocycles. The van der Waals surface area contributed by atoms with Crippen LogP contribution in [0, 0.1) is 5.92 Å². The first-order valence-corrected chi connectivity index (χ1v) is 10.4. The Morgan fingerprint density at radius 2 is 2.08 bits per heavy atom. The summed E-state index contributed by atoms with van der Waals surface area (Å²) in [7, 11) is 0. The standard InChI is InChI=1S/C18H20ClNO2S2/c1-23-14-6-4-12(5-7-14)17(15-8-9-16(19)24-15)20-10-2-3-13(11-20)18(21)22/h4-9,13,17H,2-3,10-11H2,1H3,(H,21,22). The van der Waals surface area contributed by atoms with E-state index in [1.165, 1.54) is 15.3 Å². The third-order valence-corrected chi connectivity index (χ3v) is 6.49. The molecule has 1 aromatic heterocycles. The van der Waals surface area contributed by atoms with E-state index in [0.29, 0.717) is 6.54 Å². The van der Waals surface area contributed by atoms with Crippen LogP contribution in [0.25, 0.3) is 0 Å². The van der Waals surface area contributed by atoms with Gasteiger partial charge in [0.2, 0.25) is 0 Å². The average Bonchev–Trinajstić information content (AvgIpc) is 3.02. The average molecular weight is 382 g/mol. The van der Waals surface area contributed by atoms with Gasteiger partial charge < -0.3 is 5.11 Å². The van der Waals surface area contributed by atoms with Crippen molar-refractivity contribution in [2.45, 2.75) is 23.8 Å². The molecule has 3 rings (SSSR count). The zero-order chi connectivity index (χ0) is 17.1. The van der Waals surface area contributed by atoms with Crippen LogP contribution in [0.1, 0.15) is 29.3 Å². The first kappa shape index (κ1) is 17.8. The van der Waals surface area contributed by atoms with Gasteiger partial charge in [-0.05, 0) is 55.5 Å². The SMILES string of the molecule is CSc1ccc(C(c2ccc(Cl)s2)N2CCCC(C(=O)O)C2)cc1. The number of hydrogen-bond acceptors (Lipinski definition) is 4. The van der Waals surface area contributed by atoms with Crippen LogP contribution >= 0.6 is 34.7 Å². The number of hydrogen-bond donors (Lipinski definition) is 1. The molecule has 0 radical (unpaired) electrons. The molecule has 6 heteroatoms. The van der Waals surface area contributed by atoms with Crippen LogP contribution in [0.2, 0.25) is 4.34 Å². The maximum Gasteiger partial charge on any atom is 0.307 e.